The van der Waals surface area contributed by atoms with Gasteiger partial charge in [0.2, 0.25) is 5.03 Å². The highest BCUT2D eigenvalue weighted by atomic mass is 79.9. The molecule has 0 saturated heterocycles. The van der Waals surface area contributed by atoms with E-state index in [9.17, 15) is 8.42 Å². The van der Waals surface area contributed by atoms with Gasteiger partial charge in [0.15, 0.2) is 4.60 Å². The fourth-order valence-electron chi connectivity index (χ4n) is 1.90. The molecular weight excluding hydrogens is 346 g/mol. The number of halogens is 1. The molecule has 0 amide bonds. The Hall–Kier alpha value is -0.510. The summed E-state index contributed by atoms with van der Waals surface area (Å²) in [6.45, 7) is 4.59. The SMILES string of the molecule is CC(C)CC(CNS(=O)(=O)c1c(Br)nnn1C)N(C)C. The van der Waals surface area contributed by atoms with E-state index in [1.807, 2.05) is 19.0 Å². The van der Waals surface area contributed by atoms with E-state index in [-0.39, 0.29) is 15.7 Å². The van der Waals surface area contributed by atoms with Gasteiger partial charge < -0.3 is 4.90 Å². The average Bonchev–Trinajstić information content (AvgIpc) is 2.64. The third-order valence-corrected chi connectivity index (χ3v) is 5.28. The number of nitrogens with one attached hydrogen (secondary N) is 1. The van der Waals surface area contributed by atoms with E-state index in [0.717, 1.165) is 6.42 Å². The Bertz CT molecular complexity index is 522. The van der Waals surface area contributed by atoms with Crippen LogP contribution in [0.25, 0.3) is 0 Å². The van der Waals surface area contributed by atoms with E-state index in [1.165, 1.54) is 4.68 Å². The van der Waals surface area contributed by atoms with Gasteiger partial charge in [0.05, 0.1) is 0 Å². The fraction of sp³-hybridized carbons (Fsp3) is 0.818. The molecule has 7 nitrogen and oxygen atoms in total. The first kappa shape index (κ1) is 17.5. The van der Waals surface area contributed by atoms with Gasteiger partial charge in [-0.3, -0.25) is 0 Å². The van der Waals surface area contributed by atoms with Crippen molar-refractivity contribution in [1.29, 1.82) is 0 Å². The highest BCUT2D eigenvalue weighted by Crippen LogP contribution is 2.18. The van der Waals surface area contributed by atoms with Gasteiger partial charge in [-0.15, -0.1) is 5.10 Å². The Labute approximate surface area is 128 Å². The van der Waals surface area contributed by atoms with Crippen molar-refractivity contribution in [3.05, 3.63) is 4.60 Å². The van der Waals surface area contributed by atoms with E-state index in [0.29, 0.717) is 12.5 Å². The predicted molar refractivity (Wildman–Crippen MR) is 80.8 cm³/mol. The zero-order chi connectivity index (χ0) is 15.5. The highest BCUT2D eigenvalue weighted by Gasteiger charge is 2.25. The topological polar surface area (TPSA) is 80.1 Å². The Morgan fingerprint density at radius 1 is 1.40 bits per heavy atom. The Morgan fingerprint density at radius 2 is 2.00 bits per heavy atom. The lowest BCUT2D eigenvalue weighted by atomic mass is 10.0. The van der Waals surface area contributed by atoms with E-state index >= 15 is 0 Å². The van der Waals surface area contributed by atoms with Crippen molar-refractivity contribution in [3.8, 4) is 0 Å². The summed E-state index contributed by atoms with van der Waals surface area (Å²) in [5.74, 6) is 0.497. The molecule has 1 heterocycles. The number of hydrogen-bond donors (Lipinski definition) is 1. The summed E-state index contributed by atoms with van der Waals surface area (Å²) < 4.78 is 28.7. The average molecular weight is 368 g/mol. The summed E-state index contributed by atoms with van der Waals surface area (Å²) in [6, 6.07) is 0.143. The van der Waals surface area contributed by atoms with Gasteiger partial charge in [0.1, 0.15) is 0 Å². The molecule has 0 bridgehead atoms. The van der Waals surface area contributed by atoms with Gasteiger partial charge in [-0.1, -0.05) is 19.1 Å². The van der Waals surface area contributed by atoms with E-state index in [4.69, 9.17) is 0 Å². The normalized spacial score (nSPS) is 14.2. The minimum Gasteiger partial charge on any atom is -0.305 e. The van der Waals surface area contributed by atoms with Gasteiger partial charge in [-0.2, -0.15) is 0 Å². The van der Waals surface area contributed by atoms with Crippen LogP contribution < -0.4 is 4.72 Å². The molecule has 20 heavy (non-hydrogen) atoms. The monoisotopic (exact) mass is 367 g/mol. The number of rotatable bonds is 7. The van der Waals surface area contributed by atoms with Gasteiger partial charge in [-0.05, 0) is 42.4 Å². The van der Waals surface area contributed by atoms with Crippen LogP contribution in [0.2, 0.25) is 0 Å². The van der Waals surface area contributed by atoms with Crippen LogP contribution in [0.5, 0.6) is 0 Å². The number of nitrogens with zero attached hydrogens (tertiary/aromatic N) is 4. The quantitative estimate of drug-likeness (QED) is 0.771. The lowest BCUT2D eigenvalue weighted by molar-refractivity contribution is 0.255. The second-order valence-electron chi connectivity index (χ2n) is 5.41. The molecule has 0 radical (unpaired) electrons. The van der Waals surface area contributed by atoms with Gasteiger partial charge in [0.25, 0.3) is 10.0 Å². The molecule has 116 valence electrons. The van der Waals surface area contributed by atoms with Crippen LogP contribution in [0.4, 0.5) is 0 Å². The molecule has 1 aromatic rings. The first-order valence-electron chi connectivity index (χ1n) is 6.36. The van der Waals surface area contributed by atoms with Crippen molar-refractivity contribution >= 4 is 26.0 Å². The van der Waals surface area contributed by atoms with E-state index in [1.54, 1.807) is 7.05 Å². The largest absolute Gasteiger partial charge is 0.305 e. The molecule has 0 spiro atoms. The molecule has 1 N–H and O–H groups in total. The van der Waals surface area contributed by atoms with Crippen molar-refractivity contribution in [3.63, 3.8) is 0 Å². The highest BCUT2D eigenvalue weighted by molar-refractivity contribution is 9.10. The maximum absolute atomic E-state index is 12.3. The summed E-state index contributed by atoms with van der Waals surface area (Å²) in [6.07, 6.45) is 0.917. The Kier molecular flexibility index (Phi) is 6.11. The van der Waals surface area contributed by atoms with Crippen LogP contribution in [-0.2, 0) is 17.1 Å². The van der Waals surface area contributed by atoms with Crippen LogP contribution in [-0.4, -0.2) is 55.0 Å². The van der Waals surface area contributed by atoms with Crippen molar-refractivity contribution in [2.75, 3.05) is 20.6 Å². The molecule has 0 fully saturated rings. The lowest BCUT2D eigenvalue weighted by Crippen LogP contribution is -2.41. The minimum absolute atomic E-state index is 0.0413. The Balaban J connectivity index is 2.82. The second kappa shape index (κ2) is 6.97. The van der Waals surface area contributed by atoms with E-state index in [2.05, 4.69) is 44.8 Å². The van der Waals surface area contributed by atoms with Crippen LogP contribution in [0, 0.1) is 5.92 Å². The molecule has 1 aromatic heterocycles. The fourth-order valence-corrected chi connectivity index (χ4v) is 4.07. The summed E-state index contributed by atoms with van der Waals surface area (Å²) in [4.78, 5) is 2.03. The van der Waals surface area contributed by atoms with Crippen molar-refractivity contribution < 1.29 is 8.42 Å². The zero-order valence-corrected chi connectivity index (χ0v) is 14.9. The maximum atomic E-state index is 12.3. The van der Waals surface area contributed by atoms with Gasteiger partial charge >= 0.3 is 0 Å². The molecule has 0 aliphatic heterocycles. The molecule has 9 heteroatoms. The van der Waals surface area contributed by atoms with Gasteiger partial charge in [0, 0.05) is 19.6 Å². The number of aromatic nitrogens is 3. The first-order valence-corrected chi connectivity index (χ1v) is 8.64. The number of aryl methyl sites for hydroxylation is 1. The minimum atomic E-state index is -3.63. The first-order chi connectivity index (χ1) is 9.15. The van der Waals surface area contributed by atoms with Crippen LogP contribution >= 0.6 is 15.9 Å². The van der Waals surface area contributed by atoms with Crippen LogP contribution in [0.15, 0.2) is 9.63 Å². The van der Waals surface area contributed by atoms with Gasteiger partial charge in [-0.25, -0.2) is 17.8 Å². The molecule has 0 aliphatic carbocycles. The number of hydrogen-bond acceptors (Lipinski definition) is 5. The van der Waals surface area contributed by atoms with Crippen molar-refractivity contribution in [2.45, 2.75) is 31.3 Å². The molecule has 1 rings (SSSR count). The lowest BCUT2D eigenvalue weighted by Gasteiger charge is -2.26. The number of sulfonamides is 1. The standard InChI is InChI=1S/C11H22BrN5O2S/c1-8(2)6-9(16(3)4)7-13-20(18,19)11-10(12)14-15-17(11)5/h8-9,13H,6-7H2,1-5H3. The van der Waals surface area contributed by atoms with E-state index < -0.39 is 10.0 Å². The summed E-state index contributed by atoms with van der Waals surface area (Å²) in [5, 5.41) is 7.42. The Morgan fingerprint density at radius 3 is 2.40 bits per heavy atom. The summed E-state index contributed by atoms with van der Waals surface area (Å²) in [7, 11) is 1.81. The summed E-state index contributed by atoms with van der Waals surface area (Å²) in [5.41, 5.74) is 0. The smallest absolute Gasteiger partial charge is 0.260 e. The third-order valence-electron chi connectivity index (χ3n) is 2.97. The molecular formula is C11H22BrN5O2S. The molecule has 1 unspecified atom stereocenters. The van der Waals surface area contributed by atoms with Crippen LogP contribution in [0.1, 0.15) is 20.3 Å². The van der Waals surface area contributed by atoms with Crippen LogP contribution in [0.3, 0.4) is 0 Å². The number of likely N-dealkylation sites (N-methyl/N-ethyl adjacent to an activating group) is 1. The van der Waals surface area contributed by atoms with Crippen molar-refractivity contribution in [1.82, 2.24) is 24.6 Å². The third kappa shape index (κ3) is 4.51. The second-order valence-corrected chi connectivity index (χ2v) is 7.84. The molecule has 0 aliphatic rings. The molecule has 1 atom stereocenters. The molecule has 0 aromatic carbocycles. The predicted octanol–water partition coefficient (Wildman–Crippen LogP) is 0.832. The van der Waals surface area contributed by atoms with Crippen molar-refractivity contribution in [2.24, 2.45) is 13.0 Å². The zero-order valence-electron chi connectivity index (χ0n) is 12.5. The summed E-state index contributed by atoms with van der Waals surface area (Å²) >= 11 is 3.11. The molecule has 0 saturated carbocycles. The maximum Gasteiger partial charge on any atom is 0.260 e.